The molecule has 4 nitrogen and oxygen atoms in total. The van der Waals surface area contributed by atoms with E-state index in [1.807, 2.05) is 43.4 Å². The number of rotatable bonds is 6. The largest absolute Gasteiger partial charge is 0.366 e. The molecule has 1 unspecified atom stereocenters. The Morgan fingerprint density at radius 1 is 1.32 bits per heavy atom. The first-order valence-electron chi connectivity index (χ1n) is 7.24. The molecule has 0 N–H and O–H groups in total. The van der Waals surface area contributed by atoms with Crippen molar-refractivity contribution in [1.82, 2.24) is 14.7 Å². The smallest absolute Gasteiger partial charge is 0.124 e. The zero-order valence-corrected chi connectivity index (χ0v) is 11.6. The second-order valence-electron chi connectivity index (χ2n) is 4.53. The summed E-state index contributed by atoms with van der Waals surface area (Å²) < 4.78 is 23.6. The Hall–Kier alpha value is -1.65. The van der Waals surface area contributed by atoms with E-state index in [-0.39, 0.29) is 12.7 Å². The molecule has 2 rings (SSSR count). The van der Waals surface area contributed by atoms with Gasteiger partial charge in [-0.05, 0) is 25.7 Å². The van der Waals surface area contributed by atoms with Crippen LogP contribution in [0.2, 0.25) is 0 Å². The van der Waals surface area contributed by atoms with Gasteiger partial charge in [0.1, 0.15) is 6.10 Å². The highest BCUT2D eigenvalue weighted by Gasteiger charge is 2.17. The highest BCUT2D eigenvalue weighted by atomic mass is 16.5. The molecule has 0 saturated carbocycles. The van der Waals surface area contributed by atoms with Crippen LogP contribution in [-0.2, 0) is 11.8 Å². The van der Waals surface area contributed by atoms with Crippen LogP contribution in [0.15, 0.2) is 42.6 Å². The van der Waals surface area contributed by atoms with E-state index in [2.05, 4.69) is 5.10 Å². The van der Waals surface area contributed by atoms with Crippen molar-refractivity contribution in [2.45, 2.75) is 6.10 Å². The van der Waals surface area contributed by atoms with Crippen LogP contribution in [0.3, 0.4) is 0 Å². The quantitative estimate of drug-likeness (QED) is 0.797. The minimum Gasteiger partial charge on any atom is -0.366 e. The van der Waals surface area contributed by atoms with Crippen molar-refractivity contribution >= 4 is 0 Å². The molecule has 0 aliphatic heterocycles. The van der Waals surface area contributed by atoms with E-state index in [4.69, 9.17) is 7.48 Å². The fourth-order valence-electron chi connectivity index (χ4n) is 1.87. The second kappa shape index (κ2) is 6.50. The van der Waals surface area contributed by atoms with Crippen molar-refractivity contribution in [1.29, 1.82) is 0 Å². The van der Waals surface area contributed by atoms with Gasteiger partial charge in [-0.2, -0.15) is 5.10 Å². The van der Waals surface area contributed by atoms with Gasteiger partial charge in [0.2, 0.25) is 0 Å². The number of aromatic nitrogens is 2. The van der Waals surface area contributed by atoms with Gasteiger partial charge in [0.15, 0.2) is 0 Å². The molecule has 0 aliphatic rings. The van der Waals surface area contributed by atoms with Gasteiger partial charge >= 0.3 is 0 Å². The van der Waals surface area contributed by atoms with Gasteiger partial charge in [-0.3, -0.25) is 4.68 Å². The number of likely N-dealkylation sites (N-methyl/N-ethyl adjacent to an activating group) is 1. The molecule has 0 fully saturated rings. The van der Waals surface area contributed by atoms with Crippen molar-refractivity contribution in [3.05, 3.63) is 53.9 Å². The van der Waals surface area contributed by atoms with Crippen LogP contribution in [0.4, 0.5) is 0 Å². The Labute approximate surface area is 117 Å². The normalized spacial score (nSPS) is 15.2. The molecule has 0 spiro atoms. The highest BCUT2D eigenvalue weighted by molar-refractivity contribution is 5.25. The molecule has 0 bridgehead atoms. The summed E-state index contributed by atoms with van der Waals surface area (Å²) in [7, 11) is 5.26. The summed E-state index contributed by atoms with van der Waals surface area (Å²) in [4.78, 5) is 1.51. The van der Waals surface area contributed by atoms with E-state index in [1.165, 1.54) is 4.90 Å². The number of benzene rings is 1. The van der Waals surface area contributed by atoms with Crippen LogP contribution in [-0.4, -0.2) is 41.9 Å². The topological polar surface area (TPSA) is 30.3 Å². The van der Waals surface area contributed by atoms with Crippen molar-refractivity contribution < 1.29 is 7.48 Å². The van der Waals surface area contributed by atoms with Gasteiger partial charge in [-0.25, -0.2) is 0 Å². The Kier molecular flexibility index (Phi) is 3.83. The van der Waals surface area contributed by atoms with Crippen molar-refractivity contribution in [3.63, 3.8) is 0 Å². The summed E-state index contributed by atoms with van der Waals surface area (Å²) in [6.07, 6.45) is 1.38. The van der Waals surface area contributed by atoms with Crippen LogP contribution < -0.4 is 0 Å². The second-order valence-corrected chi connectivity index (χ2v) is 4.53. The van der Waals surface area contributed by atoms with Crippen molar-refractivity contribution in [2.24, 2.45) is 7.05 Å². The maximum absolute atomic E-state index is 7.96. The molecule has 19 heavy (non-hydrogen) atoms. The van der Waals surface area contributed by atoms with Crippen molar-refractivity contribution in [2.75, 3.05) is 27.2 Å². The number of nitrogens with zero attached hydrogens (tertiary/aromatic N) is 3. The number of ether oxygens (including phenoxy) is 1. The van der Waals surface area contributed by atoms with Crippen molar-refractivity contribution in [3.8, 4) is 0 Å². The predicted molar refractivity (Wildman–Crippen MR) is 76.0 cm³/mol. The molecule has 0 saturated heterocycles. The Bertz CT molecular complexity index is 569. The summed E-state index contributed by atoms with van der Waals surface area (Å²) in [5.74, 6) is 0. The Balaban J connectivity index is 2.24. The summed E-state index contributed by atoms with van der Waals surface area (Å²) in [6, 6.07) is 11.7. The number of hydrogen-bond acceptors (Lipinski definition) is 3. The minimum atomic E-state index is -1.52. The lowest BCUT2D eigenvalue weighted by atomic mass is 10.1. The maximum Gasteiger partial charge on any atom is 0.124 e. The third kappa shape index (κ3) is 3.66. The summed E-state index contributed by atoms with van der Waals surface area (Å²) in [5, 5.41) is 4.18. The van der Waals surface area contributed by atoms with E-state index < -0.39 is 6.50 Å². The van der Waals surface area contributed by atoms with Crippen LogP contribution >= 0.6 is 0 Å². The maximum atomic E-state index is 7.96. The molecular formula is C15H21N3O. The van der Waals surface area contributed by atoms with E-state index in [0.717, 1.165) is 11.3 Å². The third-order valence-electron chi connectivity index (χ3n) is 2.86. The van der Waals surface area contributed by atoms with Gasteiger partial charge in [-0.15, -0.1) is 0 Å². The van der Waals surface area contributed by atoms with Crippen LogP contribution in [0, 0.1) is 0 Å². The number of aryl methyl sites for hydroxylation is 1. The van der Waals surface area contributed by atoms with Gasteiger partial charge in [-0.1, -0.05) is 30.3 Å². The monoisotopic (exact) mass is 261 g/mol. The average Bonchev–Trinajstić information content (AvgIpc) is 2.86. The fourth-order valence-corrected chi connectivity index (χ4v) is 1.87. The summed E-state index contributed by atoms with van der Waals surface area (Å²) in [5.41, 5.74) is 1.88. The molecular weight excluding hydrogens is 238 g/mol. The number of hydrogen-bond donors (Lipinski definition) is 0. The van der Waals surface area contributed by atoms with Gasteiger partial charge in [0.25, 0.3) is 0 Å². The van der Waals surface area contributed by atoms with Crippen LogP contribution in [0.5, 0.6) is 0 Å². The Morgan fingerprint density at radius 2 is 2.05 bits per heavy atom. The SMILES string of the molecule is [2H]C([2H])(COC(c1ccccc1)c1ccnn1C)N(C)C. The van der Waals surface area contributed by atoms with Gasteiger partial charge in [0.05, 0.1) is 12.3 Å². The molecule has 1 aromatic heterocycles. The molecule has 2 aromatic rings. The summed E-state index contributed by atoms with van der Waals surface area (Å²) in [6.45, 7) is -1.55. The Morgan fingerprint density at radius 3 is 2.63 bits per heavy atom. The highest BCUT2D eigenvalue weighted by Crippen LogP contribution is 2.25. The van der Waals surface area contributed by atoms with Crippen LogP contribution in [0.25, 0.3) is 0 Å². The fraction of sp³-hybridized carbons (Fsp3) is 0.400. The lowest BCUT2D eigenvalue weighted by Crippen LogP contribution is -2.20. The first-order chi connectivity index (χ1) is 9.92. The lowest BCUT2D eigenvalue weighted by molar-refractivity contribution is 0.0638. The minimum absolute atomic E-state index is 0.0231. The van der Waals surface area contributed by atoms with Crippen LogP contribution in [0.1, 0.15) is 20.1 Å². The average molecular weight is 261 g/mol. The first-order valence-corrected chi connectivity index (χ1v) is 6.24. The lowest BCUT2D eigenvalue weighted by Gasteiger charge is -2.20. The molecule has 102 valence electrons. The predicted octanol–water partition coefficient (Wildman–Crippen LogP) is 2.09. The van der Waals surface area contributed by atoms with Gasteiger partial charge in [0, 0.05) is 22.5 Å². The molecule has 4 heteroatoms. The zero-order chi connectivity index (χ0) is 15.5. The molecule has 1 atom stereocenters. The van der Waals surface area contributed by atoms with Gasteiger partial charge < -0.3 is 9.64 Å². The third-order valence-corrected chi connectivity index (χ3v) is 2.86. The van der Waals surface area contributed by atoms with E-state index in [9.17, 15) is 0 Å². The molecule has 1 aromatic carbocycles. The molecule has 0 aliphatic carbocycles. The molecule has 0 radical (unpaired) electrons. The van der Waals surface area contributed by atoms with E-state index in [0.29, 0.717) is 0 Å². The molecule has 0 amide bonds. The molecule has 1 heterocycles. The van der Waals surface area contributed by atoms with E-state index >= 15 is 0 Å². The van der Waals surface area contributed by atoms with E-state index in [1.54, 1.807) is 25.0 Å². The standard InChI is InChI=1S/C15H21N3O/c1-17(2)11-12-19-15(13-7-5-4-6-8-13)14-9-10-16-18(14)3/h4-10,15H,11-12H2,1-3H3/i11D2. The first kappa shape index (κ1) is 11.2. The summed E-state index contributed by atoms with van der Waals surface area (Å²) >= 11 is 0. The zero-order valence-electron chi connectivity index (χ0n) is 13.6.